The maximum Gasteiger partial charge on any atom is 0.0979 e. The van der Waals surface area contributed by atoms with E-state index in [4.69, 9.17) is 11.0 Å². The van der Waals surface area contributed by atoms with E-state index < -0.39 is 0 Å². The van der Waals surface area contributed by atoms with Gasteiger partial charge in [-0.25, -0.2) is 0 Å². The molecule has 72 valence electrons. The maximum atomic E-state index is 8.82. The van der Waals surface area contributed by atoms with Crippen LogP contribution >= 0.6 is 0 Å². The molecule has 0 fully saturated rings. The summed E-state index contributed by atoms with van der Waals surface area (Å²) in [5.74, 6) is 0. The van der Waals surface area contributed by atoms with Crippen LogP contribution in [0.4, 0.5) is 0 Å². The van der Waals surface area contributed by atoms with Crippen LogP contribution in [-0.2, 0) is 0 Å². The van der Waals surface area contributed by atoms with Gasteiger partial charge in [-0.1, -0.05) is 0 Å². The van der Waals surface area contributed by atoms with Gasteiger partial charge in [0.1, 0.15) is 0 Å². The fraction of sp³-hybridized carbons (Fsp3) is 0.700. The lowest BCUT2D eigenvalue weighted by molar-refractivity contribution is 0.136. The molecule has 1 unspecified atom stereocenters. The van der Waals surface area contributed by atoms with Gasteiger partial charge in [-0.05, 0) is 27.7 Å². The summed E-state index contributed by atoms with van der Waals surface area (Å²) in [5.41, 5.74) is 7.37. The number of hydrogen-bond donors (Lipinski definition) is 1. The molecule has 0 spiro atoms. The molecule has 1 atom stereocenters. The average Bonchev–Trinajstić information content (AvgIpc) is 2.28. The topological polar surface area (TPSA) is 53.1 Å². The number of hydrogen-bond acceptors (Lipinski definition) is 3. The van der Waals surface area contributed by atoms with Gasteiger partial charge >= 0.3 is 0 Å². The predicted molar refractivity (Wildman–Crippen MR) is 52.7 cm³/mol. The Labute approximate surface area is 79.8 Å². The molecule has 0 saturated carbocycles. The molecule has 0 amide bonds. The van der Waals surface area contributed by atoms with Gasteiger partial charge in [0.15, 0.2) is 0 Å². The van der Waals surface area contributed by atoms with Crippen molar-refractivity contribution in [2.75, 3.05) is 6.54 Å². The van der Waals surface area contributed by atoms with Crippen molar-refractivity contribution in [1.29, 1.82) is 5.26 Å². The van der Waals surface area contributed by atoms with Crippen molar-refractivity contribution in [3.05, 3.63) is 11.3 Å². The summed E-state index contributed by atoms with van der Waals surface area (Å²) in [7, 11) is 0. The van der Waals surface area contributed by atoms with Gasteiger partial charge in [-0.15, -0.1) is 0 Å². The first-order valence-corrected chi connectivity index (χ1v) is 4.53. The Balaban J connectivity index is 2.89. The van der Waals surface area contributed by atoms with Crippen molar-refractivity contribution in [3.63, 3.8) is 0 Å². The Hall–Kier alpha value is -1.01. The second-order valence-electron chi connectivity index (χ2n) is 4.52. The highest BCUT2D eigenvalue weighted by Crippen LogP contribution is 2.27. The summed E-state index contributed by atoms with van der Waals surface area (Å²) >= 11 is 0. The van der Waals surface area contributed by atoms with Crippen LogP contribution in [0.2, 0.25) is 0 Å². The minimum absolute atomic E-state index is 0.0721. The summed E-state index contributed by atoms with van der Waals surface area (Å²) in [6.45, 7) is 9.14. The monoisotopic (exact) mass is 179 g/mol. The van der Waals surface area contributed by atoms with E-state index in [1.165, 1.54) is 0 Å². The first-order valence-electron chi connectivity index (χ1n) is 4.53. The van der Waals surface area contributed by atoms with Crippen LogP contribution in [-0.4, -0.2) is 23.0 Å². The van der Waals surface area contributed by atoms with Crippen LogP contribution in [0.5, 0.6) is 0 Å². The first-order chi connectivity index (χ1) is 5.88. The molecule has 1 aliphatic heterocycles. The van der Waals surface area contributed by atoms with Gasteiger partial charge in [0, 0.05) is 23.8 Å². The Morgan fingerprint density at radius 3 is 2.31 bits per heavy atom. The molecule has 0 aliphatic carbocycles. The average molecular weight is 179 g/mol. The van der Waals surface area contributed by atoms with Gasteiger partial charge < -0.3 is 5.73 Å². The summed E-state index contributed by atoms with van der Waals surface area (Å²) in [4.78, 5) is 2.24. The van der Waals surface area contributed by atoms with Crippen LogP contribution in [0.3, 0.4) is 0 Å². The number of nitriles is 1. The molecule has 1 aliphatic rings. The standard InChI is InChI=1S/C10H17N3/c1-7-9(12)8(5-11)6-13(7)10(2,3)4/h7H,6,12H2,1-4H3. The van der Waals surface area contributed by atoms with Crippen LogP contribution < -0.4 is 5.73 Å². The lowest BCUT2D eigenvalue weighted by Gasteiger charge is -2.35. The van der Waals surface area contributed by atoms with Crippen molar-refractivity contribution in [2.45, 2.75) is 39.3 Å². The minimum Gasteiger partial charge on any atom is -0.400 e. The highest BCUT2D eigenvalue weighted by molar-refractivity contribution is 5.35. The van der Waals surface area contributed by atoms with Crippen LogP contribution in [0.15, 0.2) is 11.3 Å². The summed E-state index contributed by atoms with van der Waals surface area (Å²) in [5, 5.41) is 8.82. The molecule has 1 heterocycles. The zero-order valence-corrected chi connectivity index (χ0v) is 8.76. The molecule has 0 aromatic rings. The van der Waals surface area contributed by atoms with Crippen LogP contribution in [0, 0.1) is 11.3 Å². The van der Waals surface area contributed by atoms with E-state index in [0.717, 1.165) is 11.3 Å². The molecular weight excluding hydrogens is 162 g/mol. The molecule has 13 heavy (non-hydrogen) atoms. The molecule has 3 nitrogen and oxygen atoms in total. The summed E-state index contributed by atoms with van der Waals surface area (Å²) < 4.78 is 0. The number of nitrogens with two attached hydrogens (primary N) is 1. The number of rotatable bonds is 0. The van der Waals surface area contributed by atoms with E-state index in [0.29, 0.717) is 6.54 Å². The third kappa shape index (κ3) is 1.68. The molecule has 0 bridgehead atoms. The zero-order chi connectivity index (χ0) is 10.2. The van der Waals surface area contributed by atoms with Gasteiger partial charge in [0.05, 0.1) is 11.6 Å². The Morgan fingerprint density at radius 2 is 2.08 bits per heavy atom. The third-order valence-electron chi connectivity index (χ3n) is 2.59. The van der Waals surface area contributed by atoms with Gasteiger partial charge in [-0.3, -0.25) is 4.90 Å². The largest absolute Gasteiger partial charge is 0.400 e. The first kappa shape index (κ1) is 10.1. The van der Waals surface area contributed by atoms with Crippen LogP contribution in [0.25, 0.3) is 0 Å². The smallest absolute Gasteiger partial charge is 0.0979 e. The molecule has 3 heteroatoms. The third-order valence-corrected chi connectivity index (χ3v) is 2.59. The fourth-order valence-electron chi connectivity index (χ4n) is 1.74. The Bertz CT molecular complexity index is 278. The Morgan fingerprint density at radius 1 is 1.54 bits per heavy atom. The van der Waals surface area contributed by atoms with Crippen molar-refractivity contribution < 1.29 is 0 Å². The van der Waals surface area contributed by atoms with Crippen molar-refractivity contribution in [3.8, 4) is 6.07 Å². The second-order valence-corrected chi connectivity index (χ2v) is 4.52. The fourth-order valence-corrected chi connectivity index (χ4v) is 1.74. The quantitative estimate of drug-likeness (QED) is 0.608. The van der Waals surface area contributed by atoms with Crippen molar-refractivity contribution >= 4 is 0 Å². The Kier molecular flexibility index (Phi) is 2.36. The van der Waals surface area contributed by atoms with Gasteiger partial charge in [0.25, 0.3) is 0 Å². The molecule has 2 N–H and O–H groups in total. The highest BCUT2D eigenvalue weighted by Gasteiger charge is 2.34. The van der Waals surface area contributed by atoms with E-state index in [1.54, 1.807) is 0 Å². The van der Waals surface area contributed by atoms with Gasteiger partial charge in [-0.2, -0.15) is 5.26 Å². The van der Waals surface area contributed by atoms with Crippen LogP contribution in [0.1, 0.15) is 27.7 Å². The minimum atomic E-state index is 0.0721. The van der Waals surface area contributed by atoms with Crippen molar-refractivity contribution in [2.24, 2.45) is 5.73 Å². The molecular formula is C10H17N3. The molecule has 0 radical (unpaired) electrons. The van der Waals surface area contributed by atoms with E-state index in [-0.39, 0.29) is 11.6 Å². The maximum absolute atomic E-state index is 8.82. The molecule has 1 rings (SSSR count). The van der Waals surface area contributed by atoms with E-state index in [2.05, 4.69) is 31.7 Å². The molecule has 0 aromatic heterocycles. The zero-order valence-electron chi connectivity index (χ0n) is 8.76. The molecule has 0 aromatic carbocycles. The van der Waals surface area contributed by atoms with E-state index >= 15 is 0 Å². The lowest BCUT2D eigenvalue weighted by atomic mass is 10.0. The SMILES string of the molecule is CC1C(N)=C(C#N)CN1C(C)(C)C. The van der Waals surface area contributed by atoms with Gasteiger partial charge in [0.2, 0.25) is 0 Å². The number of nitrogens with zero attached hydrogens (tertiary/aromatic N) is 2. The normalized spacial score (nSPS) is 25.0. The second kappa shape index (κ2) is 3.04. The van der Waals surface area contributed by atoms with E-state index in [1.807, 2.05) is 6.92 Å². The summed E-state index contributed by atoms with van der Waals surface area (Å²) in [6, 6.07) is 2.35. The van der Waals surface area contributed by atoms with Crippen molar-refractivity contribution in [1.82, 2.24) is 4.90 Å². The van der Waals surface area contributed by atoms with E-state index in [9.17, 15) is 0 Å². The lowest BCUT2D eigenvalue weighted by Crippen LogP contribution is -2.45. The molecule has 0 saturated heterocycles. The predicted octanol–water partition coefficient (Wildman–Crippen LogP) is 1.23. The summed E-state index contributed by atoms with van der Waals surface area (Å²) in [6.07, 6.45) is 0. The highest BCUT2D eigenvalue weighted by atomic mass is 15.2.